The van der Waals surface area contributed by atoms with Crippen LogP contribution in [0.25, 0.3) is 10.9 Å². The van der Waals surface area contributed by atoms with Crippen molar-refractivity contribution in [1.29, 1.82) is 0 Å². The minimum atomic E-state index is -1.13. The number of carbonyl (C=O) groups is 3. The highest BCUT2D eigenvalue weighted by Crippen LogP contribution is 2.07. The van der Waals surface area contributed by atoms with Crippen molar-refractivity contribution in [1.82, 2.24) is 15.6 Å². The van der Waals surface area contributed by atoms with Crippen molar-refractivity contribution in [3.8, 4) is 0 Å². The van der Waals surface area contributed by atoms with E-state index in [1.807, 2.05) is 13.8 Å². The highest BCUT2D eigenvalue weighted by Gasteiger charge is 2.21. The van der Waals surface area contributed by atoms with Gasteiger partial charge in [0.1, 0.15) is 11.6 Å². The van der Waals surface area contributed by atoms with Crippen LogP contribution in [0.1, 0.15) is 30.6 Å². The van der Waals surface area contributed by atoms with Gasteiger partial charge in [0, 0.05) is 17.1 Å². The van der Waals surface area contributed by atoms with Gasteiger partial charge in [0.15, 0.2) is 0 Å². The van der Waals surface area contributed by atoms with Gasteiger partial charge in [-0.05, 0) is 24.5 Å². The van der Waals surface area contributed by atoms with Crippen molar-refractivity contribution in [3.63, 3.8) is 0 Å². The van der Waals surface area contributed by atoms with E-state index in [0.717, 1.165) is 0 Å². The van der Waals surface area contributed by atoms with Crippen LogP contribution in [-0.4, -0.2) is 40.5 Å². The number of nitrogens with one attached hydrogen (secondary N) is 3. The third-order valence-electron chi connectivity index (χ3n) is 3.78. The number of rotatable bonds is 7. The Balaban J connectivity index is 2.02. The molecule has 138 valence electrons. The fraction of sp³-hybridized carbons (Fsp3) is 0.333. The molecule has 4 N–H and O–H groups in total. The number of hydrogen-bond donors (Lipinski definition) is 4. The molecule has 1 aromatic heterocycles. The maximum Gasteiger partial charge on any atom is 0.326 e. The quantitative estimate of drug-likeness (QED) is 0.583. The maximum atomic E-state index is 12.3. The molecule has 0 fully saturated rings. The molecule has 0 unspecified atom stereocenters. The number of para-hydroxylation sites is 1. The molecule has 0 aliphatic heterocycles. The molecule has 2 aromatic rings. The van der Waals surface area contributed by atoms with Gasteiger partial charge in [-0.15, -0.1) is 0 Å². The molecule has 2 amide bonds. The van der Waals surface area contributed by atoms with Gasteiger partial charge in [-0.25, -0.2) is 4.79 Å². The smallest absolute Gasteiger partial charge is 0.326 e. The minimum Gasteiger partial charge on any atom is -0.480 e. The standard InChI is InChI=1S/C18H21N3O5/c1-10(2)7-14(18(25)26)21-15(22)9-20-17(24)12-8-19-13-6-4-3-5-11(13)16(12)23/h3-6,8,10,14H,7,9H2,1-2H3,(H,19,23)(H,20,24)(H,21,22)(H,25,26)/t14-/m0/s1. The van der Waals surface area contributed by atoms with Gasteiger partial charge in [0.05, 0.1) is 6.54 Å². The number of aromatic amines is 1. The summed E-state index contributed by atoms with van der Waals surface area (Å²) in [5.74, 6) is -2.39. The normalized spacial score (nSPS) is 12.0. The Morgan fingerprint density at radius 2 is 1.88 bits per heavy atom. The first-order chi connectivity index (χ1) is 12.3. The lowest BCUT2D eigenvalue weighted by atomic mass is 10.0. The van der Waals surface area contributed by atoms with Gasteiger partial charge in [-0.2, -0.15) is 0 Å². The predicted molar refractivity (Wildman–Crippen MR) is 95.9 cm³/mol. The van der Waals surface area contributed by atoms with Gasteiger partial charge < -0.3 is 20.7 Å². The van der Waals surface area contributed by atoms with Gasteiger partial charge in [0.2, 0.25) is 11.3 Å². The molecule has 0 aliphatic carbocycles. The van der Waals surface area contributed by atoms with Crippen molar-refractivity contribution in [2.24, 2.45) is 5.92 Å². The molecule has 0 saturated heterocycles. The lowest BCUT2D eigenvalue weighted by Gasteiger charge is -2.16. The average molecular weight is 359 g/mol. The topological polar surface area (TPSA) is 128 Å². The molecule has 1 aromatic carbocycles. The predicted octanol–water partition coefficient (Wildman–Crippen LogP) is 0.873. The molecule has 0 radical (unpaired) electrons. The largest absolute Gasteiger partial charge is 0.480 e. The summed E-state index contributed by atoms with van der Waals surface area (Å²) in [7, 11) is 0. The van der Waals surface area contributed by atoms with Crippen LogP contribution < -0.4 is 16.1 Å². The molecular weight excluding hydrogens is 338 g/mol. The number of carboxylic acid groups (broad SMARTS) is 1. The summed E-state index contributed by atoms with van der Waals surface area (Å²) in [4.78, 5) is 50.4. The second kappa shape index (κ2) is 8.28. The number of H-pyrrole nitrogens is 1. The van der Waals surface area contributed by atoms with Crippen LogP contribution in [-0.2, 0) is 9.59 Å². The van der Waals surface area contributed by atoms with E-state index in [2.05, 4.69) is 15.6 Å². The SMILES string of the molecule is CC(C)C[C@H](NC(=O)CNC(=O)c1c[nH]c2ccccc2c1=O)C(=O)O. The van der Waals surface area contributed by atoms with E-state index in [1.54, 1.807) is 24.3 Å². The zero-order valence-corrected chi connectivity index (χ0v) is 14.5. The molecule has 0 saturated carbocycles. The molecule has 1 atom stereocenters. The number of carboxylic acids is 1. The van der Waals surface area contributed by atoms with Crippen LogP contribution >= 0.6 is 0 Å². The summed E-state index contributed by atoms with van der Waals surface area (Å²) in [5.41, 5.74) is 0.0405. The Bertz CT molecular complexity index is 888. The first kappa shape index (κ1) is 19.2. The average Bonchev–Trinajstić information content (AvgIpc) is 2.59. The first-order valence-electron chi connectivity index (χ1n) is 8.20. The highest BCUT2D eigenvalue weighted by molar-refractivity contribution is 5.99. The van der Waals surface area contributed by atoms with E-state index in [1.165, 1.54) is 6.20 Å². The van der Waals surface area contributed by atoms with Crippen LogP contribution in [0.4, 0.5) is 0 Å². The van der Waals surface area contributed by atoms with Crippen molar-refractivity contribution < 1.29 is 19.5 Å². The van der Waals surface area contributed by atoms with E-state index in [-0.39, 0.29) is 17.9 Å². The Kier molecular flexibility index (Phi) is 6.11. The van der Waals surface area contributed by atoms with Crippen LogP contribution in [0, 0.1) is 5.92 Å². The molecule has 8 nitrogen and oxygen atoms in total. The molecule has 2 rings (SSSR count). The molecule has 1 heterocycles. The number of aliphatic carboxylic acids is 1. The third-order valence-corrected chi connectivity index (χ3v) is 3.78. The number of amides is 2. The van der Waals surface area contributed by atoms with Crippen LogP contribution in [0.2, 0.25) is 0 Å². The summed E-state index contributed by atoms with van der Waals surface area (Å²) >= 11 is 0. The lowest BCUT2D eigenvalue weighted by Crippen LogP contribution is -2.46. The zero-order chi connectivity index (χ0) is 19.3. The molecule has 0 spiro atoms. The molecule has 0 bridgehead atoms. The third kappa shape index (κ3) is 4.69. The molecular formula is C18H21N3O5. The summed E-state index contributed by atoms with van der Waals surface area (Å²) in [6.07, 6.45) is 1.57. The van der Waals surface area contributed by atoms with E-state index in [4.69, 9.17) is 5.11 Å². The van der Waals surface area contributed by atoms with Crippen molar-refractivity contribution in [2.45, 2.75) is 26.3 Å². The van der Waals surface area contributed by atoms with Crippen molar-refractivity contribution in [3.05, 3.63) is 46.2 Å². The van der Waals surface area contributed by atoms with Crippen molar-refractivity contribution >= 4 is 28.7 Å². The second-order valence-corrected chi connectivity index (χ2v) is 6.35. The second-order valence-electron chi connectivity index (χ2n) is 6.35. The number of hydrogen-bond acceptors (Lipinski definition) is 4. The Morgan fingerprint density at radius 1 is 1.19 bits per heavy atom. The molecule has 0 aliphatic rings. The van der Waals surface area contributed by atoms with Crippen LogP contribution in [0.5, 0.6) is 0 Å². The minimum absolute atomic E-state index is 0.0853. The monoisotopic (exact) mass is 359 g/mol. The van der Waals surface area contributed by atoms with E-state index >= 15 is 0 Å². The molecule has 26 heavy (non-hydrogen) atoms. The van der Waals surface area contributed by atoms with Crippen molar-refractivity contribution in [2.75, 3.05) is 6.54 Å². The Morgan fingerprint density at radius 3 is 2.54 bits per heavy atom. The van der Waals surface area contributed by atoms with E-state index in [0.29, 0.717) is 10.9 Å². The van der Waals surface area contributed by atoms with Gasteiger partial charge in [-0.1, -0.05) is 26.0 Å². The van der Waals surface area contributed by atoms with Gasteiger partial charge in [-0.3, -0.25) is 14.4 Å². The first-order valence-corrected chi connectivity index (χ1v) is 8.20. The fourth-order valence-corrected chi connectivity index (χ4v) is 2.53. The summed E-state index contributed by atoms with van der Waals surface area (Å²) in [6, 6.07) is 5.74. The van der Waals surface area contributed by atoms with Crippen LogP contribution in [0.15, 0.2) is 35.3 Å². The fourth-order valence-electron chi connectivity index (χ4n) is 2.53. The van der Waals surface area contributed by atoms with Gasteiger partial charge in [0.25, 0.3) is 5.91 Å². The maximum absolute atomic E-state index is 12.3. The highest BCUT2D eigenvalue weighted by atomic mass is 16.4. The zero-order valence-electron chi connectivity index (χ0n) is 14.5. The van der Waals surface area contributed by atoms with Crippen LogP contribution in [0.3, 0.4) is 0 Å². The number of fused-ring (bicyclic) bond motifs is 1. The number of aromatic nitrogens is 1. The molecule has 8 heteroatoms. The Labute approximate surface area is 149 Å². The lowest BCUT2D eigenvalue weighted by molar-refractivity contribution is -0.142. The summed E-state index contributed by atoms with van der Waals surface area (Å²) in [5, 5.41) is 14.2. The number of benzene rings is 1. The van der Waals surface area contributed by atoms with Gasteiger partial charge >= 0.3 is 5.97 Å². The summed E-state index contributed by atoms with van der Waals surface area (Å²) in [6.45, 7) is 3.26. The Hall–Kier alpha value is -3.16. The number of pyridine rings is 1. The van der Waals surface area contributed by atoms with E-state index in [9.17, 15) is 19.2 Å². The number of carbonyl (C=O) groups excluding carboxylic acids is 2. The van der Waals surface area contributed by atoms with E-state index < -0.39 is 35.8 Å². The summed E-state index contributed by atoms with van der Waals surface area (Å²) < 4.78 is 0.